The Morgan fingerprint density at radius 2 is 1.64 bits per heavy atom. The van der Waals surface area contributed by atoms with Gasteiger partial charge in [-0.15, -0.1) is 0 Å². The maximum atomic E-state index is 5.98. The fourth-order valence-electron chi connectivity index (χ4n) is 1.09. The number of rotatable bonds is 1. The van der Waals surface area contributed by atoms with E-state index in [0.29, 0.717) is 0 Å². The summed E-state index contributed by atoms with van der Waals surface area (Å²) in [6, 6.07) is 4.07. The Kier molecular flexibility index (Phi) is 2.40. The molecular formula is C9H12ClN. The first-order valence-corrected chi connectivity index (χ1v) is 3.97. The molecule has 0 unspecified atom stereocenters. The average Bonchev–Trinajstić information content (AvgIpc) is 1.99. The molecular weight excluding hydrogens is 158 g/mol. The van der Waals surface area contributed by atoms with Gasteiger partial charge in [-0.25, -0.2) is 0 Å². The minimum atomic E-state index is 0.865. The van der Waals surface area contributed by atoms with E-state index in [1.807, 2.05) is 33.0 Å². The third-order valence-corrected chi connectivity index (χ3v) is 2.32. The van der Waals surface area contributed by atoms with Crippen molar-refractivity contribution in [3.63, 3.8) is 0 Å². The summed E-state index contributed by atoms with van der Waals surface area (Å²) >= 11 is 5.98. The molecule has 0 aromatic heterocycles. The molecule has 0 atom stereocenters. The van der Waals surface area contributed by atoms with Gasteiger partial charge in [-0.1, -0.05) is 11.6 Å². The lowest BCUT2D eigenvalue weighted by Crippen LogP contribution is -1.90. The van der Waals surface area contributed by atoms with Crippen molar-refractivity contribution in [3.05, 3.63) is 28.3 Å². The van der Waals surface area contributed by atoms with Gasteiger partial charge in [0.1, 0.15) is 0 Å². The van der Waals surface area contributed by atoms with Crippen molar-refractivity contribution in [2.45, 2.75) is 13.8 Å². The van der Waals surface area contributed by atoms with Crippen molar-refractivity contribution >= 4 is 17.3 Å². The SMILES string of the molecule is CNc1cc(C)c(Cl)c(C)c1. The molecule has 1 aromatic carbocycles. The molecule has 0 spiro atoms. The molecule has 0 saturated carbocycles. The number of nitrogens with one attached hydrogen (secondary N) is 1. The zero-order valence-corrected chi connectivity index (χ0v) is 7.79. The summed E-state index contributed by atoms with van der Waals surface area (Å²) in [5.74, 6) is 0. The van der Waals surface area contributed by atoms with Crippen molar-refractivity contribution in [1.29, 1.82) is 0 Å². The first-order chi connectivity index (χ1) is 5.15. The van der Waals surface area contributed by atoms with Gasteiger partial charge in [0.25, 0.3) is 0 Å². The Balaban J connectivity index is 3.21. The fourth-order valence-corrected chi connectivity index (χ4v) is 1.20. The molecule has 0 amide bonds. The number of anilines is 1. The van der Waals surface area contributed by atoms with E-state index in [-0.39, 0.29) is 0 Å². The van der Waals surface area contributed by atoms with E-state index in [0.717, 1.165) is 21.8 Å². The Bertz CT molecular complexity index is 245. The highest BCUT2D eigenvalue weighted by atomic mass is 35.5. The number of hydrogen-bond donors (Lipinski definition) is 1. The molecule has 1 nitrogen and oxygen atoms in total. The Morgan fingerprint density at radius 1 is 1.18 bits per heavy atom. The molecule has 0 heterocycles. The largest absolute Gasteiger partial charge is 0.388 e. The van der Waals surface area contributed by atoms with Crippen LogP contribution in [0.4, 0.5) is 5.69 Å². The second kappa shape index (κ2) is 3.14. The first-order valence-electron chi connectivity index (χ1n) is 3.59. The quantitative estimate of drug-likeness (QED) is 0.682. The predicted molar refractivity (Wildman–Crippen MR) is 50.5 cm³/mol. The van der Waals surface area contributed by atoms with E-state index in [1.54, 1.807) is 0 Å². The minimum Gasteiger partial charge on any atom is -0.388 e. The normalized spacial score (nSPS) is 9.82. The van der Waals surface area contributed by atoms with Crippen LogP contribution < -0.4 is 5.32 Å². The highest BCUT2D eigenvalue weighted by molar-refractivity contribution is 6.32. The maximum Gasteiger partial charge on any atom is 0.0465 e. The van der Waals surface area contributed by atoms with E-state index in [4.69, 9.17) is 11.6 Å². The van der Waals surface area contributed by atoms with Crippen molar-refractivity contribution in [2.75, 3.05) is 12.4 Å². The van der Waals surface area contributed by atoms with Crippen LogP contribution in [-0.2, 0) is 0 Å². The monoisotopic (exact) mass is 169 g/mol. The Labute approximate surface area is 72.4 Å². The Morgan fingerprint density at radius 3 is 2.00 bits per heavy atom. The molecule has 11 heavy (non-hydrogen) atoms. The van der Waals surface area contributed by atoms with Crippen molar-refractivity contribution in [2.24, 2.45) is 0 Å². The summed E-state index contributed by atoms with van der Waals surface area (Å²) in [7, 11) is 1.90. The van der Waals surface area contributed by atoms with Crippen molar-refractivity contribution < 1.29 is 0 Å². The first kappa shape index (κ1) is 8.41. The predicted octanol–water partition coefficient (Wildman–Crippen LogP) is 3.00. The molecule has 1 aromatic rings. The topological polar surface area (TPSA) is 12.0 Å². The van der Waals surface area contributed by atoms with E-state index in [9.17, 15) is 0 Å². The standard InChI is InChI=1S/C9H12ClN/c1-6-4-8(11-3)5-7(2)9(6)10/h4-5,11H,1-3H3. The summed E-state index contributed by atoms with van der Waals surface area (Å²) in [5.41, 5.74) is 3.36. The summed E-state index contributed by atoms with van der Waals surface area (Å²) in [5, 5.41) is 3.94. The molecule has 0 fully saturated rings. The van der Waals surface area contributed by atoms with Gasteiger partial charge in [-0.3, -0.25) is 0 Å². The van der Waals surface area contributed by atoms with Crippen LogP contribution in [0.2, 0.25) is 5.02 Å². The lowest BCUT2D eigenvalue weighted by atomic mass is 10.1. The van der Waals surface area contributed by atoms with Gasteiger partial charge >= 0.3 is 0 Å². The van der Waals surface area contributed by atoms with Crippen LogP contribution in [0.3, 0.4) is 0 Å². The highest BCUT2D eigenvalue weighted by Gasteiger charge is 2.00. The smallest absolute Gasteiger partial charge is 0.0465 e. The van der Waals surface area contributed by atoms with Gasteiger partial charge in [-0.2, -0.15) is 0 Å². The van der Waals surface area contributed by atoms with Crippen LogP contribution in [0.5, 0.6) is 0 Å². The Hall–Kier alpha value is -0.690. The number of halogens is 1. The third kappa shape index (κ3) is 1.66. The van der Waals surface area contributed by atoms with E-state index in [2.05, 4.69) is 5.32 Å². The van der Waals surface area contributed by atoms with E-state index < -0.39 is 0 Å². The van der Waals surface area contributed by atoms with Crippen LogP contribution in [0.15, 0.2) is 12.1 Å². The molecule has 0 saturated heterocycles. The number of benzene rings is 1. The van der Waals surface area contributed by atoms with Gasteiger partial charge in [-0.05, 0) is 37.1 Å². The lowest BCUT2D eigenvalue weighted by Gasteiger charge is -2.06. The fraction of sp³-hybridized carbons (Fsp3) is 0.333. The van der Waals surface area contributed by atoms with Crippen LogP contribution in [0.25, 0.3) is 0 Å². The minimum absolute atomic E-state index is 0.865. The van der Waals surface area contributed by atoms with Crippen LogP contribution in [-0.4, -0.2) is 7.05 Å². The van der Waals surface area contributed by atoms with Gasteiger partial charge in [0.15, 0.2) is 0 Å². The molecule has 1 N–H and O–H groups in total. The molecule has 0 aliphatic carbocycles. The van der Waals surface area contributed by atoms with Crippen LogP contribution >= 0.6 is 11.6 Å². The van der Waals surface area contributed by atoms with E-state index in [1.165, 1.54) is 0 Å². The molecule has 0 radical (unpaired) electrons. The summed E-state index contributed by atoms with van der Waals surface area (Å²) in [6.45, 7) is 4.02. The maximum absolute atomic E-state index is 5.98. The van der Waals surface area contributed by atoms with Crippen LogP contribution in [0, 0.1) is 13.8 Å². The van der Waals surface area contributed by atoms with Crippen molar-refractivity contribution in [1.82, 2.24) is 0 Å². The number of hydrogen-bond acceptors (Lipinski definition) is 1. The van der Waals surface area contributed by atoms with Crippen molar-refractivity contribution in [3.8, 4) is 0 Å². The number of aryl methyl sites for hydroxylation is 2. The zero-order valence-electron chi connectivity index (χ0n) is 7.03. The second-order valence-corrected chi connectivity index (χ2v) is 3.05. The molecule has 2 heteroatoms. The molecule has 0 aliphatic rings. The summed E-state index contributed by atoms with van der Waals surface area (Å²) in [4.78, 5) is 0. The zero-order chi connectivity index (χ0) is 8.43. The molecule has 60 valence electrons. The van der Waals surface area contributed by atoms with Crippen LogP contribution in [0.1, 0.15) is 11.1 Å². The molecule has 0 bridgehead atoms. The summed E-state index contributed by atoms with van der Waals surface area (Å²) in [6.07, 6.45) is 0. The molecule has 1 rings (SSSR count). The van der Waals surface area contributed by atoms with Gasteiger partial charge in [0, 0.05) is 17.8 Å². The summed E-state index contributed by atoms with van der Waals surface area (Å²) < 4.78 is 0. The second-order valence-electron chi connectivity index (χ2n) is 2.67. The lowest BCUT2D eigenvalue weighted by molar-refractivity contribution is 1.36. The average molecular weight is 170 g/mol. The highest BCUT2D eigenvalue weighted by Crippen LogP contribution is 2.23. The van der Waals surface area contributed by atoms with E-state index >= 15 is 0 Å². The molecule has 0 aliphatic heterocycles. The van der Waals surface area contributed by atoms with Gasteiger partial charge < -0.3 is 5.32 Å². The third-order valence-electron chi connectivity index (χ3n) is 1.73. The van der Waals surface area contributed by atoms with Gasteiger partial charge in [0.2, 0.25) is 0 Å². The van der Waals surface area contributed by atoms with Gasteiger partial charge in [0.05, 0.1) is 0 Å².